The zero-order valence-electron chi connectivity index (χ0n) is 16.8. The fraction of sp³-hybridized carbons (Fsp3) is 0.478. The Morgan fingerprint density at radius 1 is 0.880 bits per heavy atom. The van der Waals surface area contributed by atoms with E-state index in [-0.39, 0.29) is 10.8 Å². The molecule has 0 amide bonds. The predicted octanol–water partition coefficient (Wildman–Crippen LogP) is 6.05. The lowest BCUT2D eigenvalue weighted by atomic mass is 9.82. The van der Waals surface area contributed by atoms with Crippen molar-refractivity contribution in [1.29, 1.82) is 0 Å². The van der Waals surface area contributed by atoms with E-state index in [4.69, 9.17) is 9.47 Å². The van der Waals surface area contributed by atoms with Crippen LogP contribution in [0.3, 0.4) is 0 Å². The molecule has 2 heteroatoms. The van der Waals surface area contributed by atoms with Crippen LogP contribution in [0.4, 0.5) is 0 Å². The third kappa shape index (κ3) is 5.01. The molecule has 0 N–H and O–H groups in total. The van der Waals surface area contributed by atoms with E-state index in [1.807, 2.05) is 12.1 Å². The average Bonchev–Trinajstić information content (AvgIpc) is 2.53. The molecular weight excluding hydrogens is 308 g/mol. The summed E-state index contributed by atoms with van der Waals surface area (Å²) in [5.74, 6) is 1.91. The second-order valence-electron chi connectivity index (χ2n) is 8.46. The van der Waals surface area contributed by atoms with Crippen LogP contribution < -0.4 is 9.47 Å². The lowest BCUT2D eigenvalue weighted by Gasteiger charge is -2.27. The van der Waals surface area contributed by atoms with Gasteiger partial charge in [0.1, 0.15) is 11.5 Å². The summed E-state index contributed by atoms with van der Waals surface area (Å²) in [6.45, 7) is 14.0. The third-order valence-corrected chi connectivity index (χ3v) is 4.80. The second kappa shape index (κ2) is 7.51. The monoisotopic (exact) mass is 340 g/mol. The summed E-state index contributed by atoms with van der Waals surface area (Å²) in [6.07, 6.45) is 0.955. The molecule has 0 aliphatic rings. The minimum absolute atomic E-state index is 0.0536. The molecule has 136 valence electrons. The SMILES string of the molecule is COc1ccc(C(C)(C)CCOc2cc(C)ccc2C(C)(C)C)cc1. The first kappa shape index (κ1) is 19.4. The topological polar surface area (TPSA) is 18.5 Å². The van der Waals surface area contributed by atoms with Crippen molar-refractivity contribution in [3.63, 3.8) is 0 Å². The normalized spacial score (nSPS) is 12.1. The van der Waals surface area contributed by atoms with Gasteiger partial charge in [-0.2, -0.15) is 0 Å². The summed E-state index contributed by atoms with van der Waals surface area (Å²) in [6, 6.07) is 14.8. The Morgan fingerprint density at radius 3 is 2.08 bits per heavy atom. The van der Waals surface area contributed by atoms with Gasteiger partial charge in [-0.3, -0.25) is 0 Å². The van der Waals surface area contributed by atoms with Crippen LogP contribution in [0.5, 0.6) is 11.5 Å². The fourth-order valence-corrected chi connectivity index (χ4v) is 2.97. The maximum absolute atomic E-state index is 6.22. The Labute approximate surface area is 153 Å². The molecule has 0 unspecified atom stereocenters. The molecule has 0 aromatic heterocycles. The van der Waals surface area contributed by atoms with Gasteiger partial charge in [0.05, 0.1) is 13.7 Å². The maximum atomic E-state index is 6.22. The van der Waals surface area contributed by atoms with Crippen molar-refractivity contribution in [2.75, 3.05) is 13.7 Å². The maximum Gasteiger partial charge on any atom is 0.123 e. The number of aryl methyl sites for hydroxylation is 1. The Bertz CT molecular complexity index is 691. The van der Waals surface area contributed by atoms with Crippen molar-refractivity contribution < 1.29 is 9.47 Å². The summed E-state index contributed by atoms with van der Waals surface area (Å²) in [5, 5.41) is 0. The first-order valence-electron chi connectivity index (χ1n) is 9.02. The van der Waals surface area contributed by atoms with Crippen LogP contribution in [-0.4, -0.2) is 13.7 Å². The number of hydrogen-bond acceptors (Lipinski definition) is 2. The fourth-order valence-electron chi connectivity index (χ4n) is 2.97. The number of ether oxygens (including phenoxy) is 2. The van der Waals surface area contributed by atoms with Crippen molar-refractivity contribution >= 4 is 0 Å². The van der Waals surface area contributed by atoms with Gasteiger partial charge in [-0.05, 0) is 59.1 Å². The highest BCUT2D eigenvalue weighted by Gasteiger charge is 2.22. The van der Waals surface area contributed by atoms with Gasteiger partial charge in [0, 0.05) is 0 Å². The van der Waals surface area contributed by atoms with E-state index in [1.165, 1.54) is 16.7 Å². The van der Waals surface area contributed by atoms with Crippen LogP contribution in [0.25, 0.3) is 0 Å². The van der Waals surface area contributed by atoms with Crippen LogP contribution in [0, 0.1) is 6.92 Å². The molecule has 0 saturated heterocycles. The third-order valence-electron chi connectivity index (χ3n) is 4.80. The van der Waals surface area contributed by atoms with E-state index < -0.39 is 0 Å². The average molecular weight is 341 g/mol. The van der Waals surface area contributed by atoms with Crippen LogP contribution in [-0.2, 0) is 10.8 Å². The molecule has 2 rings (SSSR count). The van der Waals surface area contributed by atoms with Crippen LogP contribution in [0.1, 0.15) is 57.7 Å². The highest BCUT2D eigenvalue weighted by molar-refractivity contribution is 5.41. The second-order valence-corrected chi connectivity index (χ2v) is 8.46. The van der Waals surface area contributed by atoms with E-state index in [0.29, 0.717) is 6.61 Å². The zero-order valence-corrected chi connectivity index (χ0v) is 16.8. The highest BCUT2D eigenvalue weighted by Crippen LogP contribution is 2.33. The van der Waals surface area contributed by atoms with Gasteiger partial charge in [0.15, 0.2) is 0 Å². The molecule has 0 aliphatic heterocycles. The molecule has 0 aliphatic carbocycles. The minimum Gasteiger partial charge on any atom is -0.497 e. The molecule has 2 nitrogen and oxygen atoms in total. The molecule has 2 aromatic rings. The van der Waals surface area contributed by atoms with Gasteiger partial charge in [-0.1, -0.05) is 58.9 Å². The summed E-state index contributed by atoms with van der Waals surface area (Å²) in [5.41, 5.74) is 3.93. The molecule has 0 saturated carbocycles. The lowest BCUT2D eigenvalue weighted by molar-refractivity contribution is 0.267. The van der Waals surface area contributed by atoms with Gasteiger partial charge in [-0.15, -0.1) is 0 Å². The van der Waals surface area contributed by atoms with Gasteiger partial charge < -0.3 is 9.47 Å². The smallest absolute Gasteiger partial charge is 0.123 e. The zero-order chi connectivity index (χ0) is 18.7. The number of rotatable bonds is 6. The van der Waals surface area contributed by atoms with E-state index in [2.05, 4.69) is 71.9 Å². The first-order valence-corrected chi connectivity index (χ1v) is 9.02. The largest absolute Gasteiger partial charge is 0.497 e. The van der Waals surface area contributed by atoms with Gasteiger partial charge in [0.25, 0.3) is 0 Å². The quantitative estimate of drug-likeness (QED) is 0.637. The molecule has 0 bridgehead atoms. The summed E-state index contributed by atoms with van der Waals surface area (Å²) >= 11 is 0. The van der Waals surface area contributed by atoms with Crippen LogP contribution >= 0.6 is 0 Å². The van der Waals surface area contributed by atoms with E-state index in [1.54, 1.807) is 7.11 Å². The summed E-state index contributed by atoms with van der Waals surface area (Å²) < 4.78 is 11.5. The molecule has 0 spiro atoms. The molecule has 2 aromatic carbocycles. The van der Waals surface area contributed by atoms with E-state index in [9.17, 15) is 0 Å². The van der Waals surface area contributed by atoms with Gasteiger partial charge in [-0.25, -0.2) is 0 Å². The molecule has 0 fully saturated rings. The Kier molecular flexibility index (Phi) is 5.82. The molecule has 0 atom stereocenters. The first-order chi connectivity index (χ1) is 11.6. The van der Waals surface area contributed by atoms with Gasteiger partial charge >= 0.3 is 0 Å². The number of hydrogen-bond donors (Lipinski definition) is 0. The number of benzene rings is 2. The molecule has 0 radical (unpaired) electrons. The highest BCUT2D eigenvalue weighted by atomic mass is 16.5. The van der Waals surface area contributed by atoms with Crippen molar-refractivity contribution in [1.82, 2.24) is 0 Å². The summed E-state index contributed by atoms with van der Waals surface area (Å²) in [4.78, 5) is 0. The Morgan fingerprint density at radius 2 is 1.52 bits per heavy atom. The van der Waals surface area contributed by atoms with Crippen molar-refractivity contribution in [2.45, 2.75) is 58.8 Å². The van der Waals surface area contributed by atoms with E-state index >= 15 is 0 Å². The predicted molar refractivity (Wildman–Crippen MR) is 106 cm³/mol. The van der Waals surface area contributed by atoms with E-state index in [0.717, 1.165) is 17.9 Å². The van der Waals surface area contributed by atoms with Gasteiger partial charge in [0.2, 0.25) is 0 Å². The summed E-state index contributed by atoms with van der Waals surface area (Å²) in [7, 11) is 1.70. The lowest BCUT2D eigenvalue weighted by Crippen LogP contribution is -2.21. The Hall–Kier alpha value is -1.96. The van der Waals surface area contributed by atoms with Crippen molar-refractivity contribution in [2.24, 2.45) is 0 Å². The Balaban J connectivity index is 2.07. The standard InChI is InChI=1S/C23H32O2/c1-17-8-13-20(22(2,3)4)21(16-17)25-15-14-23(5,6)18-9-11-19(24-7)12-10-18/h8-13,16H,14-15H2,1-7H3. The molecule has 25 heavy (non-hydrogen) atoms. The van der Waals surface area contributed by atoms with Crippen molar-refractivity contribution in [3.8, 4) is 11.5 Å². The minimum atomic E-state index is 0.0536. The van der Waals surface area contributed by atoms with Crippen LogP contribution in [0.15, 0.2) is 42.5 Å². The van der Waals surface area contributed by atoms with Crippen LogP contribution in [0.2, 0.25) is 0 Å². The molecular formula is C23H32O2. The number of methoxy groups -OCH3 is 1. The van der Waals surface area contributed by atoms with Crippen molar-refractivity contribution in [3.05, 3.63) is 59.2 Å². The molecule has 0 heterocycles.